The van der Waals surface area contributed by atoms with E-state index in [4.69, 9.17) is 0 Å². The molecule has 1 N–H and O–H groups in total. The van der Waals surface area contributed by atoms with Crippen molar-refractivity contribution >= 4 is 0 Å². The van der Waals surface area contributed by atoms with Crippen LogP contribution in [0.4, 0.5) is 0 Å². The smallest absolute Gasteiger partial charge is 0.00347 e. The summed E-state index contributed by atoms with van der Waals surface area (Å²) in [6.45, 7) is 6.91. The molecule has 2 aliphatic rings. The fraction of sp³-hybridized carbons (Fsp3) is 0.647. The zero-order valence-electron chi connectivity index (χ0n) is 11.8. The van der Waals surface area contributed by atoms with Gasteiger partial charge in [-0.3, -0.25) is 0 Å². The average Bonchev–Trinajstić information content (AvgIpc) is 2.74. The molecule has 1 atom stereocenters. The molecule has 1 unspecified atom stereocenters. The lowest BCUT2D eigenvalue weighted by Crippen LogP contribution is -2.31. The van der Waals surface area contributed by atoms with Gasteiger partial charge in [0, 0.05) is 19.0 Å². The molecular formula is C17H25N. The minimum absolute atomic E-state index is 0.568. The first kappa shape index (κ1) is 12.2. The summed E-state index contributed by atoms with van der Waals surface area (Å²) >= 11 is 0. The third kappa shape index (κ3) is 1.99. The van der Waals surface area contributed by atoms with E-state index >= 15 is 0 Å². The van der Waals surface area contributed by atoms with E-state index in [1.807, 2.05) is 0 Å². The van der Waals surface area contributed by atoms with Gasteiger partial charge in [0.15, 0.2) is 0 Å². The highest BCUT2D eigenvalue weighted by atomic mass is 14.9. The van der Waals surface area contributed by atoms with Crippen molar-refractivity contribution < 1.29 is 0 Å². The molecule has 0 amide bonds. The van der Waals surface area contributed by atoms with Crippen LogP contribution in [0.3, 0.4) is 0 Å². The second kappa shape index (κ2) is 4.70. The van der Waals surface area contributed by atoms with E-state index < -0.39 is 0 Å². The van der Waals surface area contributed by atoms with Crippen molar-refractivity contribution in [3.05, 3.63) is 34.9 Å². The maximum Gasteiger partial charge on any atom is 0.00347 e. The lowest BCUT2D eigenvalue weighted by Gasteiger charge is -2.39. The molecule has 0 radical (unpaired) electrons. The zero-order valence-corrected chi connectivity index (χ0v) is 11.8. The number of rotatable bonds is 1. The van der Waals surface area contributed by atoms with Crippen molar-refractivity contribution in [2.24, 2.45) is 5.41 Å². The van der Waals surface area contributed by atoms with Gasteiger partial charge in [0.2, 0.25) is 0 Å². The van der Waals surface area contributed by atoms with Gasteiger partial charge in [-0.1, -0.05) is 43.0 Å². The zero-order chi connectivity index (χ0) is 12.6. The highest BCUT2D eigenvalue weighted by molar-refractivity contribution is 5.35. The minimum Gasteiger partial charge on any atom is -0.316 e. The molecule has 1 aliphatic heterocycles. The molecule has 1 saturated carbocycles. The van der Waals surface area contributed by atoms with Crippen LogP contribution in [0, 0.1) is 19.3 Å². The topological polar surface area (TPSA) is 12.0 Å². The summed E-state index contributed by atoms with van der Waals surface area (Å²) in [4.78, 5) is 0. The molecule has 1 heteroatoms. The van der Waals surface area contributed by atoms with Crippen molar-refractivity contribution in [2.75, 3.05) is 13.1 Å². The Hall–Kier alpha value is -0.820. The highest BCUT2D eigenvalue weighted by Crippen LogP contribution is 2.49. The number of benzene rings is 1. The average molecular weight is 243 g/mol. The van der Waals surface area contributed by atoms with E-state index in [2.05, 4.69) is 37.4 Å². The van der Waals surface area contributed by atoms with E-state index in [1.165, 1.54) is 56.3 Å². The molecule has 18 heavy (non-hydrogen) atoms. The third-order valence-electron chi connectivity index (χ3n) is 5.21. The molecule has 1 aliphatic carbocycles. The Morgan fingerprint density at radius 2 is 1.89 bits per heavy atom. The van der Waals surface area contributed by atoms with Gasteiger partial charge in [0.05, 0.1) is 0 Å². The molecule has 0 aromatic heterocycles. The summed E-state index contributed by atoms with van der Waals surface area (Å²) in [5, 5.41) is 3.67. The van der Waals surface area contributed by atoms with Crippen LogP contribution in [0.5, 0.6) is 0 Å². The Balaban J connectivity index is 1.94. The van der Waals surface area contributed by atoms with Crippen LogP contribution in [0.15, 0.2) is 18.2 Å². The maximum atomic E-state index is 3.67. The van der Waals surface area contributed by atoms with Gasteiger partial charge < -0.3 is 5.32 Å². The standard InChI is InChI=1S/C17H25N/c1-13-6-7-15(14(2)10-13)16-11-18-12-17(16)8-4-3-5-9-17/h6-7,10,16,18H,3-5,8-9,11-12H2,1-2H3. The quantitative estimate of drug-likeness (QED) is 0.787. The predicted molar refractivity (Wildman–Crippen MR) is 77.0 cm³/mol. The van der Waals surface area contributed by atoms with Crippen LogP contribution < -0.4 is 5.32 Å². The van der Waals surface area contributed by atoms with Gasteiger partial charge in [-0.25, -0.2) is 0 Å². The molecule has 1 nitrogen and oxygen atoms in total. The first-order valence-corrected chi connectivity index (χ1v) is 7.49. The third-order valence-corrected chi connectivity index (χ3v) is 5.21. The molecule has 1 aromatic rings. The number of hydrogen-bond donors (Lipinski definition) is 1. The van der Waals surface area contributed by atoms with E-state index in [0.717, 1.165) is 5.92 Å². The van der Waals surface area contributed by atoms with Crippen molar-refractivity contribution in [2.45, 2.75) is 51.9 Å². The Morgan fingerprint density at radius 3 is 2.61 bits per heavy atom. The van der Waals surface area contributed by atoms with E-state index in [1.54, 1.807) is 5.56 Å². The van der Waals surface area contributed by atoms with Crippen molar-refractivity contribution in [3.63, 3.8) is 0 Å². The predicted octanol–water partition coefficient (Wildman–Crippen LogP) is 3.94. The molecular weight excluding hydrogens is 218 g/mol. The number of nitrogens with one attached hydrogen (secondary N) is 1. The Labute approximate surface area is 111 Å². The van der Waals surface area contributed by atoms with Gasteiger partial charge >= 0.3 is 0 Å². The summed E-state index contributed by atoms with van der Waals surface area (Å²) < 4.78 is 0. The van der Waals surface area contributed by atoms with E-state index in [0.29, 0.717) is 5.41 Å². The SMILES string of the molecule is Cc1ccc(C2CNCC23CCCCC3)c(C)c1. The second-order valence-electron chi connectivity index (χ2n) is 6.47. The minimum atomic E-state index is 0.568. The van der Waals surface area contributed by atoms with Crippen LogP contribution in [0.1, 0.15) is 54.7 Å². The molecule has 1 heterocycles. The van der Waals surface area contributed by atoms with E-state index in [-0.39, 0.29) is 0 Å². The Bertz CT molecular complexity index is 429. The van der Waals surface area contributed by atoms with Crippen molar-refractivity contribution in [3.8, 4) is 0 Å². The fourth-order valence-corrected chi connectivity index (χ4v) is 4.24. The highest BCUT2D eigenvalue weighted by Gasteiger charge is 2.44. The molecule has 1 spiro atoms. The van der Waals surface area contributed by atoms with Crippen LogP contribution in [-0.4, -0.2) is 13.1 Å². The van der Waals surface area contributed by atoms with Gasteiger partial charge in [0.1, 0.15) is 0 Å². The lowest BCUT2D eigenvalue weighted by atomic mass is 9.65. The van der Waals surface area contributed by atoms with Gasteiger partial charge in [-0.2, -0.15) is 0 Å². The van der Waals surface area contributed by atoms with Crippen LogP contribution in [-0.2, 0) is 0 Å². The fourth-order valence-electron chi connectivity index (χ4n) is 4.24. The summed E-state index contributed by atoms with van der Waals surface area (Å²) in [6, 6.07) is 7.03. The summed E-state index contributed by atoms with van der Waals surface area (Å²) in [6.07, 6.45) is 7.17. The summed E-state index contributed by atoms with van der Waals surface area (Å²) in [5.41, 5.74) is 5.05. The van der Waals surface area contributed by atoms with Crippen molar-refractivity contribution in [1.82, 2.24) is 5.32 Å². The molecule has 98 valence electrons. The largest absolute Gasteiger partial charge is 0.316 e. The molecule has 3 rings (SSSR count). The number of aryl methyl sites for hydroxylation is 2. The first-order valence-electron chi connectivity index (χ1n) is 7.49. The maximum absolute atomic E-state index is 3.67. The Morgan fingerprint density at radius 1 is 1.11 bits per heavy atom. The molecule has 1 aromatic carbocycles. The van der Waals surface area contributed by atoms with Crippen LogP contribution in [0.25, 0.3) is 0 Å². The van der Waals surface area contributed by atoms with E-state index in [9.17, 15) is 0 Å². The summed E-state index contributed by atoms with van der Waals surface area (Å²) in [5.74, 6) is 0.749. The normalized spacial score (nSPS) is 26.7. The number of hydrogen-bond acceptors (Lipinski definition) is 1. The van der Waals surface area contributed by atoms with Gasteiger partial charge in [0.25, 0.3) is 0 Å². The molecule has 0 bridgehead atoms. The van der Waals surface area contributed by atoms with Crippen LogP contribution in [0.2, 0.25) is 0 Å². The van der Waals surface area contributed by atoms with Gasteiger partial charge in [-0.05, 0) is 43.2 Å². The Kier molecular flexibility index (Phi) is 3.19. The second-order valence-corrected chi connectivity index (χ2v) is 6.47. The van der Waals surface area contributed by atoms with Crippen molar-refractivity contribution in [1.29, 1.82) is 0 Å². The molecule has 1 saturated heterocycles. The first-order chi connectivity index (χ1) is 8.71. The van der Waals surface area contributed by atoms with Crippen LogP contribution >= 0.6 is 0 Å². The molecule has 2 fully saturated rings. The lowest BCUT2D eigenvalue weighted by molar-refractivity contribution is 0.189. The van der Waals surface area contributed by atoms with Gasteiger partial charge in [-0.15, -0.1) is 0 Å². The monoisotopic (exact) mass is 243 g/mol. The summed E-state index contributed by atoms with van der Waals surface area (Å²) in [7, 11) is 0.